The van der Waals surface area contributed by atoms with Gasteiger partial charge in [0.2, 0.25) is 15.9 Å². The molecule has 2 saturated heterocycles. The summed E-state index contributed by atoms with van der Waals surface area (Å²) in [6.45, 7) is 3.29. The van der Waals surface area contributed by atoms with Gasteiger partial charge in [-0.1, -0.05) is 18.5 Å². The van der Waals surface area contributed by atoms with Crippen LogP contribution in [-0.2, 0) is 19.6 Å². The summed E-state index contributed by atoms with van der Waals surface area (Å²) in [6, 6.07) is 3.07. The Morgan fingerprint density at radius 3 is 2.65 bits per heavy atom. The van der Waals surface area contributed by atoms with E-state index in [0.29, 0.717) is 24.6 Å². The number of ether oxygens (including phenoxy) is 1. The van der Waals surface area contributed by atoms with Crippen LogP contribution in [0.5, 0.6) is 5.75 Å². The molecule has 0 unspecified atom stereocenters. The van der Waals surface area contributed by atoms with Crippen molar-refractivity contribution in [1.29, 1.82) is 0 Å². The Morgan fingerprint density at radius 1 is 1.19 bits per heavy atom. The smallest absolute Gasteiger partial charge is 0.262 e. The maximum Gasteiger partial charge on any atom is 0.262 e. The van der Waals surface area contributed by atoms with Crippen molar-refractivity contribution < 1.29 is 22.7 Å². The number of nitrogens with one attached hydrogen (secondary N) is 1. The Labute approximate surface area is 187 Å². The third kappa shape index (κ3) is 4.40. The van der Waals surface area contributed by atoms with Crippen LogP contribution in [0, 0.1) is 5.92 Å². The summed E-state index contributed by atoms with van der Waals surface area (Å²) in [7, 11) is -3.85. The van der Waals surface area contributed by atoms with Gasteiger partial charge in [0, 0.05) is 37.7 Å². The minimum absolute atomic E-state index is 0.0295. The summed E-state index contributed by atoms with van der Waals surface area (Å²) < 4.78 is 33.2. The fraction of sp³-hybridized carbons (Fsp3) is 0.619. The first-order chi connectivity index (χ1) is 14.8. The van der Waals surface area contributed by atoms with Crippen LogP contribution in [0.25, 0.3) is 0 Å². The highest BCUT2D eigenvalue weighted by atomic mass is 35.5. The van der Waals surface area contributed by atoms with Crippen LogP contribution < -0.4 is 10.1 Å². The number of rotatable bonds is 4. The molecule has 170 valence electrons. The van der Waals surface area contributed by atoms with E-state index < -0.39 is 10.0 Å². The van der Waals surface area contributed by atoms with E-state index in [1.165, 1.54) is 16.4 Å². The number of likely N-dealkylation sites (tertiary alicyclic amines) is 1. The summed E-state index contributed by atoms with van der Waals surface area (Å²) in [6.07, 6.45) is 5.20. The SMILES string of the molecule is CC[C@H]1CCCCN1C(=O)C1CCN(S(=O)(=O)c2cc3c(cc2Cl)NC(=O)CO3)CC1. The molecule has 0 saturated carbocycles. The van der Waals surface area contributed by atoms with Crippen LogP contribution in [0.2, 0.25) is 5.02 Å². The van der Waals surface area contributed by atoms with E-state index in [1.54, 1.807) is 0 Å². The van der Waals surface area contributed by atoms with Crippen molar-refractivity contribution in [2.24, 2.45) is 5.92 Å². The Kier molecular flexibility index (Phi) is 6.46. The van der Waals surface area contributed by atoms with E-state index in [2.05, 4.69) is 12.2 Å². The first-order valence-electron chi connectivity index (χ1n) is 10.9. The molecule has 2 amide bonds. The number of hydrogen-bond acceptors (Lipinski definition) is 5. The fourth-order valence-electron chi connectivity index (χ4n) is 4.71. The number of piperidine rings is 2. The zero-order valence-corrected chi connectivity index (χ0v) is 19.2. The van der Waals surface area contributed by atoms with Gasteiger partial charge in [0.1, 0.15) is 10.6 Å². The molecule has 0 aliphatic carbocycles. The fourth-order valence-corrected chi connectivity index (χ4v) is 6.70. The second-order valence-electron chi connectivity index (χ2n) is 8.38. The molecule has 0 bridgehead atoms. The van der Waals surface area contributed by atoms with Gasteiger partial charge in [0.05, 0.1) is 10.7 Å². The van der Waals surface area contributed by atoms with Gasteiger partial charge in [-0.15, -0.1) is 0 Å². The first kappa shape index (κ1) is 22.4. The summed E-state index contributed by atoms with van der Waals surface area (Å²) in [4.78, 5) is 26.5. The lowest BCUT2D eigenvalue weighted by Crippen LogP contribution is -2.49. The molecule has 3 heterocycles. The van der Waals surface area contributed by atoms with Crippen molar-refractivity contribution in [2.75, 3.05) is 31.6 Å². The lowest BCUT2D eigenvalue weighted by molar-refractivity contribution is -0.140. The molecule has 2 fully saturated rings. The van der Waals surface area contributed by atoms with Crippen LogP contribution >= 0.6 is 11.6 Å². The third-order valence-electron chi connectivity index (χ3n) is 6.47. The Balaban J connectivity index is 1.46. The molecule has 10 heteroatoms. The number of amides is 2. The lowest BCUT2D eigenvalue weighted by atomic mass is 9.92. The quantitative estimate of drug-likeness (QED) is 0.731. The number of halogens is 1. The van der Waals surface area contributed by atoms with Crippen LogP contribution in [-0.4, -0.2) is 61.7 Å². The molecule has 0 aromatic heterocycles. The minimum Gasteiger partial charge on any atom is -0.482 e. The molecule has 3 aliphatic heterocycles. The number of hydrogen-bond donors (Lipinski definition) is 1. The van der Waals surface area contributed by atoms with Gasteiger partial charge >= 0.3 is 0 Å². The van der Waals surface area contributed by atoms with Gasteiger partial charge in [0.15, 0.2) is 6.61 Å². The average Bonchev–Trinajstić information content (AvgIpc) is 2.78. The largest absolute Gasteiger partial charge is 0.482 e. The normalized spacial score (nSPS) is 23.1. The van der Waals surface area contributed by atoms with E-state index in [9.17, 15) is 18.0 Å². The van der Waals surface area contributed by atoms with E-state index in [-0.39, 0.29) is 53.1 Å². The van der Waals surface area contributed by atoms with Crippen LogP contribution in [0.4, 0.5) is 5.69 Å². The van der Waals surface area contributed by atoms with Crippen molar-refractivity contribution in [3.8, 4) is 5.75 Å². The average molecular weight is 470 g/mol. The second kappa shape index (κ2) is 8.96. The van der Waals surface area contributed by atoms with Crippen LogP contribution in [0.3, 0.4) is 0 Å². The predicted octanol–water partition coefficient (Wildman–Crippen LogP) is 2.86. The number of carbonyl (C=O) groups is 2. The highest BCUT2D eigenvalue weighted by molar-refractivity contribution is 7.89. The van der Waals surface area contributed by atoms with Crippen LogP contribution in [0.1, 0.15) is 45.4 Å². The Hall–Kier alpha value is -1.84. The third-order valence-corrected chi connectivity index (χ3v) is 8.83. The van der Waals surface area contributed by atoms with Crippen molar-refractivity contribution in [1.82, 2.24) is 9.21 Å². The maximum absolute atomic E-state index is 13.2. The molecule has 1 N–H and O–H groups in total. The number of carbonyl (C=O) groups excluding carboxylic acids is 2. The van der Waals surface area contributed by atoms with Gasteiger partial charge in [-0.2, -0.15) is 4.31 Å². The number of sulfonamides is 1. The molecule has 0 spiro atoms. The molecule has 8 nitrogen and oxygen atoms in total. The zero-order chi connectivity index (χ0) is 22.2. The number of nitrogens with zero attached hydrogens (tertiary/aromatic N) is 2. The lowest BCUT2D eigenvalue weighted by Gasteiger charge is -2.39. The topological polar surface area (TPSA) is 96.0 Å². The molecule has 1 aromatic carbocycles. The Bertz CT molecular complexity index is 975. The van der Waals surface area contributed by atoms with Crippen molar-refractivity contribution in [3.05, 3.63) is 17.2 Å². The summed E-state index contributed by atoms with van der Waals surface area (Å²) >= 11 is 6.25. The summed E-state index contributed by atoms with van der Waals surface area (Å²) in [5.41, 5.74) is 0.358. The van der Waals surface area contributed by atoms with E-state index in [0.717, 1.165) is 32.2 Å². The number of anilines is 1. The van der Waals surface area contributed by atoms with Gasteiger partial charge in [-0.05, 0) is 44.6 Å². The molecular formula is C21H28ClN3O5S. The second-order valence-corrected chi connectivity index (χ2v) is 10.7. The summed E-state index contributed by atoms with van der Waals surface area (Å²) in [5, 5.41) is 2.65. The molecule has 4 rings (SSSR count). The van der Waals surface area contributed by atoms with Gasteiger partial charge in [-0.3, -0.25) is 9.59 Å². The Morgan fingerprint density at radius 2 is 1.94 bits per heavy atom. The highest BCUT2D eigenvalue weighted by Gasteiger charge is 2.37. The molecule has 3 aliphatic rings. The van der Waals surface area contributed by atoms with Crippen molar-refractivity contribution in [2.45, 2.75) is 56.4 Å². The monoisotopic (exact) mass is 469 g/mol. The van der Waals surface area contributed by atoms with Gasteiger partial charge < -0.3 is 15.0 Å². The van der Waals surface area contributed by atoms with E-state index >= 15 is 0 Å². The van der Waals surface area contributed by atoms with Gasteiger partial charge in [0.25, 0.3) is 5.91 Å². The van der Waals surface area contributed by atoms with E-state index in [4.69, 9.17) is 16.3 Å². The van der Waals surface area contributed by atoms with Crippen LogP contribution in [0.15, 0.2) is 17.0 Å². The van der Waals surface area contributed by atoms with Gasteiger partial charge in [-0.25, -0.2) is 8.42 Å². The minimum atomic E-state index is -3.85. The molecular weight excluding hydrogens is 442 g/mol. The first-order valence-corrected chi connectivity index (χ1v) is 12.7. The summed E-state index contributed by atoms with van der Waals surface area (Å²) in [5.74, 6) is -0.0102. The standard InChI is InChI=1S/C21H28ClN3O5S/c1-2-15-5-3-4-8-25(15)21(27)14-6-9-24(10-7-14)31(28,29)19-12-18-17(11-16(19)22)23-20(26)13-30-18/h11-12,14-15H,2-10,13H2,1H3,(H,23,26)/t15-/m0/s1. The molecule has 31 heavy (non-hydrogen) atoms. The molecule has 1 aromatic rings. The highest BCUT2D eigenvalue weighted by Crippen LogP contribution is 2.38. The van der Waals surface area contributed by atoms with E-state index in [1.807, 2.05) is 4.90 Å². The number of benzene rings is 1. The number of fused-ring (bicyclic) bond motifs is 1. The predicted molar refractivity (Wildman–Crippen MR) is 117 cm³/mol. The molecule has 1 atom stereocenters. The van der Waals surface area contributed by atoms with Crippen molar-refractivity contribution in [3.63, 3.8) is 0 Å². The molecule has 0 radical (unpaired) electrons. The maximum atomic E-state index is 13.2. The van der Waals surface area contributed by atoms with Crippen molar-refractivity contribution >= 4 is 39.1 Å². The zero-order valence-electron chi connectivity index (χ0n) is 17.6.